The summed E-state index contributed by atoms with van der Waals surface area (Å²) in [5.41, 5.74) is 0.364. The fourth-order valence-electron chi connectivity index (χ4n) is 2.08. The third-order valence-electron chi connectivity index (χ3n) is 3.19. The molecule has 25 heavy (non-hydrogen) atoms. The topological polar surface area (TPSA) is 56.3 Å². The van der Waals surface area contributed by atoms with E-state index >= 15 is 0 Å². The Hall–Kier alpha value is -0.570. The van der Waals surface area contributed by atoms with Gasteiger partial charge >= 0.3 is 10.1 Å². The zero-order valence-electron chi connectivity index (χ0n) is 11.9. The number of aromatic nitrogens is 1. The first-order chi connectivity index (χ1) is 11.7. The van der Waals surface area contributed by atoms with E-state index in [1.54, 1.807) is 18.2 Å². The van der Waals surface area contributed by atoms with Crippen molar-refractivity contribution in [3.05, 3.63) is 60.5 Å². The van der Waals surface area contributed by atoms with Crippen molar-refractivity contribution in [3.63, 3.8) is 0 Å². The molecule has 3 rings (SSSR count). The molecule has 10 heteroatoms. The Kier molecular flexibility index (Phi) is 5.54. The molecule has 1 heterocycles. The standard InChI is InChI=1S/C15H6Br2Cl3NO3S/c16-8-4-9(17)15(14-7(8)2-1-3-21-14)24-25(22,23)13-6-11(19)10(18)5-12(13)20/h1-6H. The fraction of sp³-hybridized carbons (Fsp3) is 0. The van der Waals surface area contributed by atoms with Crippen LogP contribution in [-0.2, 0) is 10.1 Å². The summed E-state index contributed by atoms with van der Waals surface area (Å²) >= 11 is 24.4. The van der Waals surface area contributed by atoms with Gasteiger partial charge < -0.3 is 4.18 Å². The van der Waals surface area contributed by atoms with E-state index in [4.69, 9.17) is 39.0 Å². The second-order valence-electron chi connectivity index (χ2n) is 4.80. The number of hydrogen-bond donors (Lipinski definition) is 0. The molecular weight excluding hydrogens is 540 g/mol. The van der Waals surface area contributed by atoms with Gasteiger partial charge in [0.2, 0.25) is 0 Å². The summed E-state index contributed by atoms with van der Waals surface area (Å²) in [7, 11) is -4.27. The van der Waals surface area contributed by atoms with Crippen molar-refractivity contribution in [3.8, 4) is 5.75 Å². The zero-order valence-corrected chi connectivity index (χ0v) is 18.2. The minimum Gasteiger partial charge on any atom is -0.375 e. The second-order valence-corrected chi connectivity index (χ2v) is 9.25. The van der Waals surface area contributed by atoms with Crippen molar-refractivity contribution in [1.82, 2.24) is 4.98 Å². The lowest BCUT2D eigenvalue weighted by Crippen LogP contribution is -2.11. The van der Waals surface area contributed by atoms with Crippen LogP contribution in [0.2, 0.25) is 15.1 Å². The smallest absolute Gasteiger partial charge is 0.340 e. The SMILES string of the molecule is O=S(=O)(Oc1c(Br)cc(Br)c2cccnc12)c1cc(Cl)c(Cl)cc1Cl. The minimum absolute atomic E-state index is 0.0425. The maximum Gasteiger partial charge on any atom is 0.340 e. The number of nitrogens with zero attached hydrogens (tertiary/aromatic N) is 1. The molecule has 0 spiro atoms. The number of pyridine rings is 1. The van der Waals surface area contributed by atoms with Gasteiger partial charge in [0.25, 0.3) is 0 Å². The third-order valence-corrected chi connectivity index (χ3v) is 6.84. The predicted octanol–water partition coefficient (Wildman–Crippen LogP) is 6.49. The Morgan fingerprint density at radius 1 is 0.960 bits per heavy atom. The van der Waals surface area contributed by atoms with Crippen molar-refractivity contribution in [1.29, 1.82) is 0 Å². The molecule has 0 aliphatic rings. The highest BCUT2D eigenvalue weighted by molar-refractivity contribution is 9.11. The van der Waals surface area contributed by atoms with Crippen LogP contribution in [0.15, 0.2) is 50.4 Å². The summed E-state index contributed by atoms with van der Waals surface area (Å²) in [5, 5.41) is 0.782. The van der Waals surface area contributed by atoms with Crippen molar-refractivity contribution < 1.29 is 12.6 Å². The summed E-state index contributed by atoms with van der Waals surface area (Å²) in [6.07, 6.45) is 1.53. The van der Waals surface area contributed by atoms with Crippen molar-refractivity contribution >= 4 is 87.7 Å². The fourth-order valence-corrected chi connectivity index (χ4v) is 5.47. The summed E-state index contributed by atoms with van der Waals surface area (Å²) in [5.74, 6) is 0.0425. The largest absolute Gasteiger partial charge is 0.375 e. The Morgan fingerprint density at radius 3 is 2.36 bits per heavy atom. The van der Waals surface area contributed by atoms with Gasteiger partial charge in [-0.15, -0.1) is 0 Å². The highest BCUT2D eigenvalue weighted by atomic mass is 79.9. The molecule has 2 aromatic carbocycles. The lowest BCUT2D eigenvalue weighted by molar-refractivity contribution is 0.487. The highest BCUT2D eigenvalue weighted by Gasteiger charge is 2.25. The Balaban J connectivity index is 2.17. The summed E-state index contributed by atoms with van der Waals surface area (Å²) in [6, 6.07) is 7.57. The van der Waals surface area contributed by atoms with E-state index < -0.39 is 10.1 Å². The molecular formula is C15H6Br2Cl3NO3S. The normalized spacial score (nSPS) is 11.7. The van der Waals surface area contributed by atoms with Crippen molar-refractivity contribution in [2.24, 2.45) is 0 Å². The first-order valence-electron chi connectivity index (χ1n) is 6.52. The maximum atomic E-state index is 12.7. The summed E-state index contributed by atoms with van der Waals surface area (Å²) in [4.78, 5) is 3.92. The molecule has 0 unspecified atom stereocenters. The van der Waals surface area contributed by atoms with Crippen LogP contribution in [0.5, 0.6) is 5.75 Å². The van der Waals surface area contributed by atoms with E-state index in [1.807, 2.05) is 0 Å². The number of halogens is 5. The number of fused-ring (bicyclic) bond motifs is 1. The van der Waals surface area contributed by atoms with E-state index in [0.29, 0.717) is 15.4 Å². The molecule has 130 valence electrons. The molecule has 0 aliphatic carbocycles. The van der Waals surface area contributed by atoms with Crippen LogP contribution in [0.4, 0.5) is 0 Å². The van der Waals surface area contributed by atoms with E-state index in [2.05, 4.69) is 36.8 Å². The summed E-state index contributed by atoms with van der Waals surface area (Å²) < 4.78 is 31.9. The van der Waals surface area contributed by atoms with Crippen LogP contribution < -0.4 is 4.18 Å². The molecule has 3 aromatic rings. The van der Waals surface area contributed by atoms with Crippen LogP contribution in [0.25, 0.3) is 10.9 Å². The van der Waals surface area contributed by atoms with Gasteiger partial charge in [0.05, 0.1) is 19.5 Å². The van der Waals surface area contributed by atoms with E-state index in [-0.39, 0.29) is 25.7 Å². The van der Waals surface area contributed by atoms with Gasteiger partial charge in [-0.2, -0.15) is 8.42 Å². The lowest BCUT2D eigenvalue weighted by Gasteiger charge is -2.13. The van der Waals surface area contributed by atoms with Crippen LogP contribution in [0, 0.1) is 0 Å². The van der Waals surface area contributed by atoms with Crippen LogP contribution in [-0.4, -0.2) is 13.4 Å². The average Bonchev–Trinajstić information content (AvgIpc) is 2.54. The van der Waals surface area contributed by atoms with E-state index in [9.17, 15) is 8.42 Å². The predicted molar refractivity (Wildman–Crippen MR) is 106 cm³/mol. The van der Waals surface area contributed by atoms with Gasteiger partial charge in [0, 0.05) is 16.1 Å². The van der Waals surface area contributed by atoms with Crippen LogP contribution in [0.1, 0.15) is 0 Å². The zero-order chi connectivity index (χ0) is 18.4. The number of rotatable bonds is 3. The van der Waals surface area contributed by atoms with Crippen molar-refractivity contribution in [2.75, 3.05) is 0 Å². The van der Waals surface area contributed by atoms with Gasteiger partial charge in [-0.3, -0.25) is 4.98 Å². The van der Waals surface area contributed by atoms with Crippen LogP contribution >= 0.6 is 66.7 Å². The van der Waals surface area contributed by atoms with Crippen LogP contribution in [0.3, 0.4) is 0 Å². The molecule has 0 fully saturated rings. The molecule has 0 saturated carbocycles. The molecule has 0 atom stereocenters. The third kappa shape index (κ3) is 3.77. The molecule has 0 aliphatic heterocycles. The Labute approximate surface area is 175 Å². The van der Waals surface area contributed by atoms with E-state index in [0.717, 1.165) is 10.5 Å². The van der Waals surface area contributed by atoms with Gasteiger partial charge in [0.1, 0.15) is 10.4 Å². The van der Waals surface area contributed by atoms with Gasteiger partial charge in [0.15, 0.2) is 5.75 Å². The lowest BCUT2D eigenvalue weighted by atomic mass is 10.2. The number of benzene rings is 2. The Bertz CT molecular complexity index is 1110. The molecule has 1 aromatic heterocycles. The molecule has 4 nitrogen and oxygen atoms in total. The molecule has 0 saturated heterocycles. The molecule has 0 amide bonds. The minimum atomic E-state index is -4.27. The average molecular weight is 546 g/mol. The first kappa shape index (κ1) is 19.2. The van der Waals surface area contributed by atoms with Gasteiger partial charge in [-0.1, -0.05) is 56.8 Å². The quantitative estimate of drug-likeness (QED) is 0.279. The highest BCUT2D eigenvalue weighted by Crippen LogP contribution is 2.40. The Morgan fingerprint density at radius 2 is 1.64 bits per heavy atom. The van der Waals surface area contributed by atoms with Gasteiger partial charge in [-0.05, 0) is 40.2 Å². The van der Waals surface area contributed by atoms with Gasteiger partial charge in [-0.25, -0.2) is 0 Å². The molecule has 0 N–H and O–H groups in total. The number of hydrogen-bond acceptors (Lipinski definition) is 4. The maximum absolute atomic E-state index is 12.7. The van der Waals surface area contributed by atoms with Crippen molar-refractivity contribution in [2.45, 2.75) is 4.90 Å². The first-order valence-corrected chi connectivity index (χ1v) is 10.7. The summed E-state index contributed by atoms with van der Waals surface area (Å²) in [6.45, 7) is 0. The van der Waals surface area contributed by atoms with E-state index in [1.165, 1.54) is 12.3 Å². The molecule has 0 bridgehead atoms. The molecule has 0 radical (unpaired) electrons. The monoisotopic (exact) mass is 543 g/mol. The second kappa shape index (κ2) is 7.21.